The number of aryl methyl sites for hydroxylation is 1. The maximum absolute atomic E-state index is 12.4. The van der Waals surface area contributed by atoms with Crippen molar-refractivity contribution in [3.05, 3.63) is 65.2 Å². The number of ketones is 1. The Morgan fingerprint density at radius 2 is 1.86 bits per heavy atom. The van der Waals surface area contributed by atoms with Crippen LogP contribution in [0.4, 0.5) is 5.69 Å². The van der Waals surface area contributed by atoms with E-state index in [-0.39, 0.29) is 5.78 Å². The van der Waals surface area contributed by atoms with Crippen LogP contribution in [0.3, 0.4) is 0 Å². The second-order valence-corrected chi connectivity index (χ2v) is 5.28. The Morgan fingerprint density at radius 1 is 1.14 bits per heavy atom. The molecule has 0 bridgehead atoms. The Hall–Kier alpha value is -2.13. The number of rotatable bonds is 6. The number of hydrogen-bond donors (Lipinski definition) is 1. The van der Waals surface area contributed by atoms with E-state index in [9.17, 15) is 4.79 Å². The number of nitrogen functional groups attached to an aromatic ring is 1. The summed E-state index contributed by atoms with van der Waals surface area (Å²) in [5.41, 5.74) is 9.46. The minimum atomic E-state index is 0.111. The van der Waals surface area contributed by atoms with Crippen LogP contribution in [0.15, 0.2) is 48.5 Å². The molecule has 0 saturated carbocycles. The SMILES string of the molecule is CCN(CC(=O)c1ccc(C)c(N)c1)Cc1ccccc1. The van der Waals surface area contributed by atoms with E-state index in [0.717, 1.165) is 18.7 Å². The third-order valence-corrected chi connectivity index (χ3v) is 3.66. The number of hydrogen-bond acceptors (Lipinski definition) is 3. The average Bonchev–Trinajstić information content (AvgIpc) is 2.50. The molecular weight excluding hydrogens is 260 g/mol. The molecule has 0 atom stereocenters. The van der Waals surface area contributed by atoms with Crippen molar-refractivity contribution < 1.29 is 4.79 Å². The van der Waals surface area contributed by atoms with Gasteiger partial charge in [0.25, 0.3) is 0 Å². The first-order chi connectivity index (χ1) is 10.1. The molecule has 0 radical (unpaired) electrons. The number of likely N-dealkylation sites (N-methyl/N-ethyl adjacent to an activating group) is 1. The monoisotopic (exact) mass is 282 g/mol. The zero-order chi connectivity index (χ0) is 15.2. The van der Waals surface area contributed by atoms with E-state index in [1.807, 2.05) is 37.3 Å². The molecule has 2 N–H and O–H groups in total. The van der Waals surface area contributed by atoms with Crippen molar-refractivity contribution in [1.29, 1.82) is 0 Å². The first-order valence-electron chi connectivity index (χ1n) is 7.25. The molecule has 0 fully saturated rings. The molecule has 2 aromatic carbocycles. The molecule has 0 aliphatic rings. The molecule has 0 saturated heterocycles. The summed E-state index contributed by atoms with van der Waals surface area (Å²) in [7, 11) is 0. The smallest absolute Gasteiger partial charge is 0.176 e. The van der Waals surface area contributed by atoms with Crippen molar-refractivity contribution in [3.63, 3.8) is 0 Å². The number of carbonyl (C=O) groups excluding carboxylic acids is 1. The van der Waals surface area contributed by atoms with Gasteiger partial charge in [-0.05, 0) is 30.7 Å². The predicted octanol–water partition coefficient (Wildman–Crippen LogP) is 3.28. The lowest BCUT2D eigenvalue weighted by Gasteiger charge is -2.19. The van der Waals surface area contributed by atoms with Crippen LogP contribution in [0.1, 0.15) is 28.4 Å². The van der Waals surface area contributed by atoms with Crippen LogP contribution in [0.5, 0.6) is 0 Å². The molecule has 3 heteroatoms. The first-order valence-corrected chi connectivity index (χ1v) is 7.25. The van der Waals surface area contributed by atoms with Crippen molar-refractivity contribution in [1.82, 2.24) is 4.90 Å². The molecule has 2 rings (SSSR count). The maximum Gasteiger partial charge on any atom is 0.176 e. The molecule has 0 heterocycles. The quantitative estimate of drug-likeness (QED) is 0.653. The summed E-state index contributed by atoms with van der Waals surface area (Å²) in [5, 5.41) is 0. The third kappa shape index (κ3) is 4.17. The summed E-state index contributed by atoms with van der Waals surface area (Å²) in [6, 6.07) is 15.7. The Kier molecular flexibility index (Phi) is 5.12. The van der Waals surface area contributed by atoms with Gasteiger partial charge in [0.05, 0.1) is 6.54 Å². The van der Waals surface area contributed by atoms with Crippen LogP contribution in [-0.4, -0.2) is 23.8 Å². The van der Waals surface area contributed by atoms with Crippen LogP contribution in [0, 0.1) is 6.92 Å². The summed E-state index contributed by atoms with van der Waals surface area (Å²) in [6.07, 6.45) is 0. The van der Waals surface area contributed by atoms with Crippen molar-refractivity contribution in [3.8, 4) is 0 Å². The highest BCUT2D eigenvalue weighted by Gasteiger charge is 2.12. The van der Waals surface area contributed by atoms with Crippen LogP contribution < -0.4 is 5.73 Å². The van der Waals surface area contributed by atoms with E-state index in [4.69, 9.17) is 5.73 Å². The summed E-state index contributed by atoms with van der Waals surface area (Å²) >= 11 is 0. The molecule has 2 aromatic rings. The van der Waals surface area contributed by atoms with Gasteiger partial charge in [-0.1, -0.05) is 49.4 Å². The van der Waals surface area contributed by atoms with Gasteiger partial charge < -0.3 is 5.73 Å². The normalized spacial score (nSPS) is 10.8. The van der Waals surface area contributed by atoms with E-state index in [1.54, 1.807) is 6.07 Å². The predicted molar refractivity (Wildman–Crippen MR) is 87.3 cm³/mol. The maximum atomic E-state index is 12.4. The Balaban J connectivity index is 2.04. The van der Waals surface area contributed by atoms with Gasteiger partial charge in [0.1, 0.15) is 0 Å². The number of nitrogens with zero attached hydrogens (tertiary/aromatic N) is 1. The van der Waals surface area contributed by atoms with E-state index in [0.29, 0.717) is 17.8 Å². The Labute approximate surface area is 126 Å². The molecule has 0 aliphatic carbocycles. The lowest BCUT2D eigenvalue weighted by molar-refractivity contribution is 0.0929. The molecule has 0 aliphatic heterocycles. The van der Waals surface area contributed by atoms with E-state index in [1.165, 1.54) is 5.56 Å². The van der Waals surface area contributed by atoms with Gasteiger partial charge >= 0.3 is 0 Å². The lowest BCUT2D eigenvalue weighted by atomic mass is 10.1. The molecular formula is C18H22N2O. The molecule has 110 valence electrons. The number of carbonyl (C=O) groups is 1. The van der Waals surface area contributed by atoms with E-state index >= 15 is 0 Å². The van der Waals surface area contributed by atoms with Gasteiger partial charge in [0.15, 0.2) is 5.78 Å². The van der Waals surface area contributed by atoms with Crippen LogP contribution in [0.25, 0.3) is 0 Å². The fraction of sp³-hybridized carbons (Fsp3) is 0.278. The van der Waals surface area contributed by atoms with Gasteiger partial charge in [0, 0.05) is 17.8 Å². The highest BCUT2D eigenvalue weighted by atomic mass is 16.1. The first kappa shape index (κ1) is 15.3. The van der Waals surface area contributed by atoms with Crippen molar-refractivity contribution in [2.24, 2.45) is 0 Å². The molecule has 21 heavy (non-hydrogen) atoms. The topological polar surface area (TPSA) is 46.3 Å². The molecule has 0 amide bonds. The van der Waals surface area contributed by atoms with Crippen LogP contribution in [-0.2, 0) is 6.54 Å². The zero-order valence-corrected chi connectivity index (χ0v) is 12.7. The standard InChI is InChI=1S/C18H22N2O/c1-3-20(12-15-7-5-4-6-8-15)13-18(21)16-10-9-14(2)17(19)11-16/h4-11H,3,12-13,19H2,1-2H3. The Bertz CT molecular complexity index is 608. The van der Waals surface area contributed by atoms with Gasteiger partial charge in [0.2, 0.25) is 0 Å². The van der Waals surface area contributed by atoms with Gasteiger partial charge in [-0.25, -0.2) is 0 Å². The van der Waals surface area contributed by atoms with Crippen LogP contribution >= 0.6 is 0 Å². The number of nitrogens with two attached hydrogens (primary N) is 1. The van der Waals surface area contributed by atoms with Gasteiger partial charge in [-0.3, -0.25) is 9.69 Å². The fourth-order valence-corrected chi connectivity index (χ4v) is 2.23. The van der Waals surface area contributed by atoms with E-state index in [2.05, 4.69) is 24.0 Å². The molecule has 0 unspecified atom stereocenters. The second kappa shape index (κ2) is 7.04. The van der Waals surface area contributed by atoms with Crippen molar-refractivity contribution >= 4 is 11.5 Å². The third-order valence-electron chi connectivity index (χ3n) is 3.66. The zero-order valence-electron chi connectivity index (χ0n) is 12.7. The Morgan fingerprint density at radius 3 is 2.48 bits per heavy atom. The average molecular weight is 282 g/mol. The summed E-state index contributed by atoms with van der Waals surface area (Å²) < 4.78 is 0. The molecule has 3 nitrogen and oxygen atoms in total. The largest absolute Gasteiger partial charge is 0.398 e. The van der Waals surface area contributed by atoms with Gasteiger partial charge in [-0.2, -0.15) is 0 Å². The summed E-state index contributed by atoms with van der Waals surface area (Å²) in [4.78, 5) is 14.5. The number of benzene rings is 2. The van der Waals surface area contributed by atoms with Gasteiger partial charge in [-0.15, -0.1) is 0 Å². The summed E-state index contributed by atoms with van der Waals surface area (Å²) in [6.45, 7) is 6.04. The lowest BCUT2D eigenvalue weighted by Crippen LogP contribution is -2.29. The number of Topliss-reactive ketones (excluding diaryl/α,β-unsaturated/α-hetero) is 1. The number of anilines is 1. The minimum Gasteiger partial charge on any atom is -0.398 e. The molecule has 0 aromatic heterocycles. The highest BCUT2D eigenvalue weighted by Crippen LogP contribution is 2.14. The summed E-state index contributed by atoms with van der Waals surface area (Å²) in [5.74, 6) is 0.111. The van der Waals surface area contributed by atoms with Crippen LogP contribution in [0.2, 0.25) is 0 Å². The molecule has 0 spiro atoms. The van der Waals surface area contributed by atoms with Crippen molar-refractivity contribution in [2.45, 2.75) is 20.4 Å². The fourth-order valence-electron chi connectivity index (χ4n) is 2.23. The second-order valence-electron chi connectivity index (χ2n) is 5.28. The highest BCUT2D eigenvalue weighted by molar-refractivity contribution is 5.98. The van der Waals surface area contributed by atoms with Crippen molar-refractivity contribution in [2.75, 3.05) is 18.8 Å². The minimum absolute atomic E-state index is 0.111. The van der Waals surface area contributed by atoms with E-state index < -0.39 is 0 Å².